The summed E-state index contributed by atoms with van der Waals surface area (Å²) in [6.45, 7) is 42.9. The number of pyridine rings is 4. The maximum atomic E-state index is 12.7. The molecule has 18 heteroatoms. The summed E-state index contributed by atoms with van der Waals surface area (Å²) >= 11 is 0. The van der Waals surface area contributed by atoms with E-state index in [9.17, 15) is 8.42 Å². The average Bonchev–Trinajstić information content (AvgIpc) is 1.53. The normalized spacial score (nSPS) is 13.3. The number of hydrogen-bond donors (Lipinski definition) is 0. The van der Waals surface area contributed by atoms with Crippen LogP contribution in [0.2, 0.25) is 91.7 Å². The van der Waals surface area contributed by atoms with Gasteiger partial charge in [0.1, 0.15) is 8.07 Å². The van der Waals surface area contributed by atoms with Crippen molar-refractivity contribution in [2.45, 2.75) is 136 Å². The van der Waals surface area contributed by atoms with Gasteiger partial charge in [0.05, 0.1) is 45.3 Å². The van der Waals surface area contributed by atoms with Crippen LogP contribution in [-0.4, -0.2) is 81.4 Å². The standard InChI is InChI=1S/C33H30NSi2.C28H27N2Si.C23H26NSi2.C21H20NO2SSi.4Ir/c1-24-21-30(34-23-33(24)35(2,3)4)25-19-20-32-29(22-25)28-17-11-12-18-31(28)36(32,26-13-7-5-8-14-26)27-15-9-6-10-16-27;1-5-30-26-14-10-9-13-22(26)24-17-21(15-16-27(24)30)25-18-23(20-11-7-6-8-12-20)28(19-29-25)31(2,3)4;1-16-13-20(24-15-23(16)25(2,3)4)17-11-12-22-19(14-17)18-9-7-8-10-21(18)26(22,5)6;1-14-11-18(22-13-21(14)26(2,3)4)15-9-10-20-17(12-15)16-7-5-6-8-19(16)25(20,23)24;;;;/h5-18,20-23H,1-4H3;6-14,16-19H,5H2,1-4H3;7-10,12-15H,1-6H3;5-8,10-13H,1-4H3;;;;/q4*-1;;;;. The van der Waals surface area contributed by atoms with E-state index < -0.39 is 58.3 Å². The minimum atomic E-state index is -3.44. The van der Waals surface area contributed by atoms with Crippen LogP contribution in [0.5, 0.6) is 0 Å². The summed E-state index contributed by atoms with van der Waals surface area (Å²) < 4.78 is 27.8. The number of aryl methyl sites for hydroxylation is 4. The van der Waals surface area contributed by atoms with Crippen molar-refractivity contribution in [1.82, 2.24) is 24.5 Å². The first kappa shape index (κ1) is 93.8. The zero-order valence-electron chi connectivity index (χ0n) is 73.1. The fraction of sp³-hybridized carbons (Fsp3) is 0.181. The molecule has 5 aromatic heterocycles. The summed E-state index contributed by atoms with van der Waals surface area (Å²) in [5.74, 6) is 0. The van der Waals surface area contributed by atoms with Crippen LogP contribution in [-0.2, 0) is 96.8 Å². The van der Waals surface area contributed by atoms with E-state index in [1.165, 1.54) is 119 Å². The molecule has 11 aromatic carbocycles. The molecular formula is C105H103Ir4N5O2SSi6-4. The molecule has 630 valence electrons. The molecule has 123 heavy (non-hydrogen) atoms. The molecule has 0 bridgehead atoms. The fourth-order valence-corrected chi connectivity index (χ4v) is 34.8. The first-order chi connectivity index (χ1) is 56.8. The van der Waals surface area contributed by atoms with Crippen LogP contribution < -0.4 is 51.9 Å². The molecule has 0 amide bonds. The van der Waals surface area contributed by atoms with Gasteiger partial charge >= 0.3 is 0 Å². The number of hydrogen-bond acceptors (Lipinski definition) is 6. The van der Waals surface area contributed by atoms with Crippen LogP contribution in [0.25, 0.3) is 111 Å². The summed E-state index contributed by atoms with van der Waals surface area (Å²) in [7, 11) is -13.2. The maximum Gasteiger partial charge on any atom is 0.173 e. The van der Waals surface area contributed by atoms with Crippen molar-refractivity contribution in [2.24, 2.45) is 0 Å². The molecular weight excluding hydrogens is 2330 g/mol. The predicted octanol–water partition coefficient (Wildman–Crippen LogP) is 20.1. The molecule has 0 N–H and O–H groups in total. The zero-order chi connectivity index (χ0) is 83.9. The number of nitrogens with zero attached hydrogens (tertiary/aromatic N) is 5. The number of aromatic nitrogens is 5. The quantitative estimate of drug-likeness (QED) is 0.0894. The van der Waals surface area contributed by atoms with Crippen LogP contribution >= 0.6 is 0 Å². The van der Waals surface area contributed by atoms with Gasteiger partial charge in [0.25, 0.3) is 0 Å². The smallest absolute Gasteiger partial charge is 0.173 e. The van der Waals surface area contributed by atoms with Gasteiger partial charge in [0.15, 0.2) is 9.84 Å². The number of para-hydroxylation sites is 1. The summed E-state index contributed by atoms with van der Waals surface area (Å²) in [6.07, 6.45) is 8.30. The second-order valence-electron chi connectivity index (χ2n) is 36.7. The Balaban J connectivity index is 0.000000149. The van der Waals surface area contributed by atoms with Gasteiger partial charge in [-0.25, -0.2) is 8.42 Å². The Hall–Kier alpha value is -8.33. The Labute approximate surface area is 789 Å². The third-order valence-corrected chi connectivity index (χ3v) is 42.9. The summed E-state index contributed by atoms with van der Waals surface area (Å²) in [5, 5.41) is 16.9. The molecule has 3 aliphatic rings. The SMILES string of the molecule is CCn1c2c[c-]c(-c3cc(-c4ccccc4)c([Si](C)(C)C)cn3)cc2c2ccccc21.Cc1cc(-c2[c-]cc3c(c2)-c2ccccc2S3(=O)=O)ncc1[Si](C)(C)C.Cc1cc(-c2[c-]cc3c(c2)-c2ccccc2[Si]3(C)C)ncc1[Si](C)(C)C.Cc1cc(-c2[c-]cc3c(c2)-c2ccccc2[Si]3(c2ccccc2)c2ccccc2)ncc1[Si](C)(C)C.[Ir].[Ir].[Ir].[Ir]. The molecule has 7 nitrogen and oxygen atoms in total. The van der Waals surface area contributed by atoms with E-state index in [1.807, 2.05) is 24.4 Å². The van der Waals surface area contributed by atoms with Gasteiger partial charge in [-0.15, -0.1) is 105 Å². The van der Waals surface area contributed by atoms with E-state index >= 15 is 0 Å². The molecule has 0 aliphatic carbocycles. The minimum Gasteiger partial charge on any atom is -0.381 e. The fourth-order valence-electron chi connectivity index (χ4n) is 18.4. The second-order valence-corrected chi connectivity index (χ2v) is 66.8. The third kappa shape index (κ3) is 17.9. The van der Waals surface area contributed by atoms with Gasteiger partial charge in [-0.1, -0.05) is 346 Å². The van der Waals surface area contributed by atoms with E-state index in [1.54, 1.807) is 23.4 Å². The molecule has 3 aliphatic heterocycles. The van der Waals surface area contributed by atoms with E-state index in [0.29, 0.717) is 9.79 Å². The van der Waals surface area contributed by atoms with Crippen molar-refractivity contribution in [3.8, 4) is 89.5 Å². The number of rotatable bonds is 12. The molecule has 16 aromatic rings. The second kappa shape index (κ2) is 36.9. The number of sulfone groups is 1. The van der Waals surface area contributed by atoms with Gasteiger partial charge in [0, 0.05) is 117 Å². The number of fused-ring (bicyclic) bond motifs is 12. The van der Waals surface area contributed by atoms with Crippen LogP contribution in [0.1, 0.15) is 23.6 Å². The Kier molecular flexibility index (Phi) is 28.2. The molecule has 0 fully saturated rings. The van der Waals surface area contributed by atoms with Crippen LogP contribution in [0.15, 0.2) is 295 Å². The monoisotopic (exact) mass is 2440 g/mol. The third-order valence-electron chi connectivity index (χ3n) is 24.3. The molecule has 0 saturated heterocycles. The van der Waals surface area contributed by atoms with Crippen molar-refractivity contribution in [1.29, 1.82) is 0 Å². The van der Waals surface area contributed by atoms with E-state index in [4.69, 9.17) is 15.0 Å². The van der Waals surface area contributed by atoms with Gasteiger partial charge in [-0.3, -0.25) is 0 Å². The van der Waals surface area contributed by atoms with E-state index in [0.717, 1.165) is 62.7 Å². The Morgan fingerprint density at radius 3 is 1.21 bits per heavy atom. The van der Waals surface area contributed by atoms with Crippen molar-refractivity contribution in [3.05, 3.63) is 327 Å². The number of benzene rings is 11. The first-order valence-electron chi connectivity index (χ1n) is 41.5. The molecule has 0 atom stereocenters. The summed E-state index contributed by atoms with van der Waals surface area (Å²) in [5.41, 5.74) is 23.9. The molecule has 19 rings (SSSR count). The topological polar surface area (TPSA) is 90.6 Å². The van der Waals surface area contributed by atoms with Gasteiger partial charge < -0.3 is 24.5 Å². The van der Waals surface area contributed by atoms with Crippen molar-refractivity contribution < 1.29 is 88.8 Å². The van der Waals surface area contributed by atoms with E-state index in [-0.39, 0.29) is 80.4 Å². The Morgan fingerprint density at radius 1 is 0.333 bits per heavy atom. The summed E-state index contributed by atoms with van der Waals surface area (Å²) in [6, 6.07) is 106. The van der Waals surface area contributed by atoms with Gasteiger partial charge in [0.2, 0.25) is 0 Å². The largest absolute Gasteiger partial charge is 0.381 e. The van der Waals surface area contributed by atoms with Crippen molar-refractivity contribution in [2.75, 3.05) is 0 Å². The van der Waals surface area contributed by atoms with Crippen LogP contribution in [0.3, 0.4) is 0 Å². The molecule has 4 radical (unpaired) electrons. The molecule has 0 unspecified atom stereocenters. The molecule has 0 saturated carbocycles. The van der Waals surface area contributed by atoms with Crippen LogP contribution in [0, 0.1) is 45.0 Å². The summed E-state index contributed by atoms with van der Waals surface area (Å²) in [4.78, 5) is 20.0. The van der Waals surface area contributed by atoms with Gasteiger partial charge in [-0.2, -0.15) is 0 Å². The van der Waals surface area contributed by atoms with Crippen molar-refractivity contribution in [3.63, 3.8) is 0 Å². The van der Waals surface area contributed by atoms with Crippen LogP contribution in [0.4, 0.5) is 0 Å². The molecule has 8 heterocycles. The Morgan fingerprint density at radius 2 is 0.715 bits per heavy atom. The predicted molar refractivity (Wildman–Crippen MR) is 520 cm³/mol. The van der Waals surface area contributed by atoms with E-state index in [2.05, 4.69) is 396 Å². The average molecular weight is 2440 g/mol. The molecule has 0 spiro atoms. The maximum absolute atomic E-state index is 12.7. The Bertz CT molecular complexity index is 6720. The van der Waals surface area contributed by atoms with Gasteiger partial charge in [-0.05, 0) is 132 Å². The zero-order valence-corrected chi connectivity index (χ0v) is 89.5. The first-order valence-corrected chi connectivity index (χ1v) is 62.0. The minimum absolute atomic E-state index is 0. The van der Waals surface area contributed by atoms with Crippen molar-refractivity contribution >= 4 is 132 Å².